The van der Waals surface area contributed by atoms with Gasteiger partial charge >= 0.3 is 0 Å². The fourth-order valence-corrected chi connectivity index (χ4v) is 2.65. The zero-order valence-corrected chi connectivity index (χ0v) is 12.1. The van der Waals surface area contributed by atoms with Gasteiger partial charge in [0.1, 0.15) is 0 Å². The lowest BCUT2D eigenvalue weighted by Gasteiger charge is -2.10. The van der Waals surface area contributed by atoms with Gasteiger partial charge in [-0.25, -0.2) is 0 Å². The lowest BCUT2D eigenvalue weighted by atomic mass is 9.97. The van der Waals surface area contributed by atoms with Crippen LogP contribution in [0, 0.1) is 30.3 Å². The summed E-state index contributed by atoms with van der Waals surface area (Å²) in [7, 11) is 0. The molecule has 25 heavy (non-hydrogen) atoms. The smallest absolute Gasteiger partial charge is 0.284 e. The molecule has 3 rings (SSSR count). The van der Waals surface area contributed by atoms with Crippen LogP contribution >= 0.6 is 0 Å². The quantitative estimate of drug-likeness (QED) is 0.315. The number of hydrogen-bond acceptors (Lipinski definition) is 8. The Kier molecular flexibility index (Phi) is 3.34. The minimum atomic E-state index is -0.872. The minimum Gasteiger partial charge on any atom is -0.504 e. The molecule has 0 aliphatic carbocycles. The van der Waals surface area contributed by atoms with E-state index in [0.29, 0.717) is 0 Å². The number of non-ortho nitro benzene ring substituents is 3. The molecule has 0 aliphatic heterocycles. The van der Waals surface area contributed by atoms with Crippen LogP contribution in [0.4, 0.5) is 17.1 Å². The molecule has 0 saturated carbocycles. The second kappa shape index (κ2) is 5.26. The largest absolute Gasteiger partial charge is 0.504 e. The Morgan fingerprint density at radius 2 is 1.24 bits per heavy atom. The normalized spacial score (nSPS) is 10.9. The molecule has 0 aliphatic rings. The molecule has 0 heterocycles. The number of nitrogens with zero attached hydrogens (tertiary/aromatic N) is 3. The maximum Gasteiger partial charge on any atom is 0.284 e. The molecule has 0 amide bonds. The number of phenols is 2. The highest BCUT2D eigenvalue weighted by Crippen LogP contribution is 2.47. The van der Waals surface area contributed by atoms with Gasteiger partial charge in [-0.3, -0.25) is 30.3 Å². The van der Waals surface area contributed by atoms with Crippen LogP contribution < -0.4 is 0 Å². The molecule has 11 heteroatoms. The Labute approximate surface area is 136 Å². The van der Waals surface area contributed by atoms with Crippen LogP contribution in [-0.4, -0.2) is 25.0 Å². The molecular formula is C14H7N3O8. The number of rotatable bonds is 3. The highest BCUT2D eigenvalue weighted by Gasteiger charge is 2.26. The van der Waals surface area contributed by atoms with E-state index >= 15 is 0 Å². The summed E-state index contributed by atoms with van der Waals surface area (Å²) >= 11 is 0. The van der Waals surface area contributed by atoms with Gasteiger partial charge < -0.3 is 10.2 Å². The number of benzene rings is 3. The molecule has 0 radical (unpaired) electrons. The molecular weight excluding hydrogens is 338 g/mol. The minimum absolute atomic E-state index is 0.0393. The van der Waals surface area contributed by atoms with E-state index in [1.54, 1.807) is 0 Å². The van der Waals surface area contributed by atoms with Gasteiger partial charge in [0.2, 0.25) is 0 Å². The third-order valence-corrected chi connectivity index (χ3v) is 3.73. The van der Waals surface area contributed by atoms with Crippen LogP contribution in [0.1, 0.15) is 0 Å². The van der Waals surface area contributed by atoms with Gasteiger partial charge in [-0.2, -0.15) is 0 Å². The van der Waals surface area contributed by atoms with Gasteiger partial charge in [0.05, 0.1) is 26.2 Å². The summed E-state index contributed by atoms with van der Waals surface area (Å²) in [5.41, 5.74) is -1.71. The van der Waals surface area contributed by atoms with Crippen molar-refractivity contribution >= 4 is 38.6 Å². The van der Waals surface area contributed by atoms with Crippen molar-refractivity contribution in [1.82, 2.24) is 0 Å². The average Bonchev–Trinajstić information content (AvgIpc) is 2.57. The fourth-order valence-electron chi connectivity index (χ4n) is 2.65. The van der Waals surface area contributed by atoms with E-state index < -0.39 is 43.3 Å². The molecule has 11 nitrogen and oxygen atoms in total. The molecule has 0 spiro atoms. The Morgan fingerprint density at radius 3 is 1.80 bits per heavy atom. The Morgan fingerprint density at radius 1 is 0.680 bits per heavy atom. The molecule has 2 N–H and O–H groups in total. The summed E-state index contributed by atoms with van der Waals surface area (Å²) in [5, 5.41) is 52.8. The van der Waals surface area contributed by atoms with E-state index in [0.717, 1.165) is 24.3 Å². The van der Waals surface area contributed by atoms with Crippen LogP contribution in [-0.2, 0) is 0 Å². The Balaban J connectivity index is 2.60. The van der Waals surface area contributed by atoms with Crippen molar-refractivity contribution in [3.63, 3.8) is 0 Å². The van der Waals surface area contributed by atoms with Crippen molar-refractivity contribution in [1.29, 1.82) is 0 Å². The summed E-state index contributed by atoms with van der Waals surface area (Å²) in [6.45, 7) is 0. The van der Waals surface area contributed by atoms with Gasteiger partial charge in [-0.1, -0.05) is 0 Å². The third-order valence-electron chi connectivity index (χ3n) is 3.73. The Bertz CT molecular complexity index is 1110. The molecule has 3 aromatic carbocycles. The summed E-state index contributed by atoms with van der Waals surface area (Å²) in [4.78, 5) is 30.7. The van der Waals surface area contributed by atoms with E-state index in [-0.39, 0.29) is 21.5 Å². The lowest BCUT2D eigenvalue weighted by Crippen LogP contribution is -1.96. The van der Waals surface area contributed by atoms with E-state index in [4.69, 9.17) is 0 Å². The first-order chi connectivity index (χ1) is 11.7. The standard InChI is InChI=1S/C14H7N3O8/c18-13-9-3-6(15(20)21)1-2-8(9)12-10(14(13)19)4-7(16(22)23)5-11(12)17(24)25/h1-5,18-19H. The van der Waals surface area contributed by atoms with Gasteiger partial charge in [-0.05, 0) is 6.07 Å². The fraction of sp³-hybridized carbons (Fsp3) is 0. The number of hydrogen-bond donors (Lipinski definition) is 2. The molecule has 3 aromatic rings. The number of aromatic hydroxyl groups is 2. The van der Waals surface area contributed by atoms with Gasteiger partial charge in [-0.15, -0.1) is 0 Å². The summed E-state index contributed by atoms with van der Waals surface area (Å²) in [6, 6.07) is 4.81. The molecule has 0 saturated heterocycles. The molecule has 0 atom stereocenters. The second-order valence-electron chi connectivity index (χ2n) is 5.09. The molecule has 126 valence electrons. The van der Waals surface area contributed by atoms with Gasteiger partial charge in [0.15, 0.2) is 11.5 Å². The lowest BCUT2D eigenvalue weighted by molar-refractivity contribution is -0.393. The van der Waals surface area contributed by atoms with Crippen LogP contribution in [0.25, 0.3) is 21.5 Å². The van der Waals surface area contributed by atoms with Crippen LogP contribution in [0.15, 0.2) is 30.3 Å². The van der Waals surface area contributed by atoms with Crippen LogP contribution in [0.2, 0.25) is 0 Å². The van der Waals surface area contributed by atoms with Crippen molar-refractivity contribution in [3.8, 4) is 11.5 Å². The SMILES string of the molecule is O=[N+]([O-])c1ccc2c(c1)c(O)c(O)c1cc([N+](=O)[O-])cc([N+](=O)[O-])c12. The van der Waals surface area contributed by atoms with Crippen LogP contribution in [0.3, 0.4) is 0 Å². The van der Waals surface area contributed by atoms with E-state index in [9.17, 15) is 40.6 Å². The number of phenolic OH excluding ortho intramolecular Hbond substituents is 2. The maximum absolute atomic E-state index is 11.3. The molecule has 0 bridgehead atoms. The van der Waals surface area contributed by atoms with E-state index in [1.807, 2.05) is 0 Å². The van der Waals surface area contributed by atoms with Crippen molar-refractivity contribution in [2.75, 3.05) is 0 Å². The predicted molar refractivity (Wildman–Crippen MR) is 84.7 cm³/mol. The summed E-state index contributed by atoms with van der Waals surface area (Å²) in [6.07, 6.45) is 0. The van der Waals surface area contributed by atoms with Crippen molar-refractivity contribution in [2.24, 2.45) is 0 Å². The number of nitro groups is 3. The highest BCUT2D eigenvalue weighted by atomic mass is 16.6. The van der Waals surface area contributed by atoms with E-state index in [2.05, 4.69) is 0 Å². The highest BCUT2D eigenvalue weighted by molar-refractivity contribution is 6.18. The van der Waals surface area contributed by atoms with Crippen molar-refractivity contribution < 1.29 is 25.0 Å². The number of nitro benzene ring substituents is 3. The number of fused-ring (bicyclic) bond motifs is 3. The third kappa shape index (κ3) is 2.30. The van der Waals surface area contributed by atoms with Crippen LogP contribution in [0.5, 0.6) is 11.5 Å². The Hall–Kier alpha value is -4.02. The first-order valence-corrected chi connectivity index (χ1v) is 6.61. The zero-order chi connectivity index (χ0) is 18.5. The molecule has 0 aromatic heterocycles. The van der Waals surface area contributed by atoms with Crippen molar-refractivity contribution in [2.45, 2.75) is 0 Å². The summed E-state index contributed by atoms with van der Waals surface area (Å²) in [5.74, 6) is -1.60. The maximum atomic E-state index is 11.3. The molecule has 0 unspecified atom stereocenters. The molecule has 0 fully saturated rings. The van der Waals surface area contributed by atoms with Gasteiger partial charge in [0, 0.05) is 34.4 Å². The van der Waals surface area contributed by atoms with E-state index in [1.165, 1.54) is 6.07 Å². The monoisotopic (exact) mass is 345 g/mol. The second-order valence-corrected chi connectivity index (χ2v) is 5.09. The average molecular weight is 345 g/mol. The van der Waals surface area contributed by atoms with Gasteiger partial charge in [0.25, 0.3) is 17.1 Å². The topological polar surface area (TPSA) is 170 Å². The zero-order valence-electron chi connectivity index (χ0n) is 12.1. The van der Waals surface area contributed by atoms with Crippen molar-refractivity contribution in [3.05, 3.63) is 60.7 Å². The predicted octanol–water partition coefficient (Wildman–Crippen LogP) is 3.13. The first-order valence-electron chi connectivity index (χ1n) is 6.61. The summed E-state index contributed by atoms with van der Waals surface area (Å²) < 4.78 is 0. The first kappa shape index (κ1) is 15.9.